The van der Waals surface area contributed by atoms with Crippen molar-refractivity contribution in [1.82, 2.24) is 4.57 Å². The van der Waals surface area contributed by atoms with E-state index in [1.807, 2.05) is 0 Å². The van der Waals surface area contributed by atoms with Crippen molar-refractivity contribution in [3.05, 3.63) is 206 Å². The molecule has 0 spiro atoms. The molecule has 0 N–H and O–H groups in total. The van der Waals surface area contributed by atoms with E-state index in [1.54, 1.807) is 0 Å². The summed E-state index contributed by atoms with van der Waals surface area (Å²) in [7, 11) is 0. The predicted molar refractivity (Wildman–Crippen MR) is 231 cm³/mol. The van der Waals surface area contributed by atoms with Gasteiger partial charge in [0.05, 0.1) is 16.7 Å². The van der Waals surface area contributed by atoms with Crippen molar-refractivity contribution in [2.45, 2.75) is 0 Å². The van der Waals surface area contributed by atoms with E-state index in [0.29, 0.717) is 0 Å². The molecule has 0 aliphatic carbocycles. The van der Waals surface area contributed by atoms with Crippen molar-refractivity contribution >= 4 is 82.0 Å². The van der Waals surface area contributed by atoms with Crippen molar-refractivity contribution in [2.75, 3.05) is 4.90 Å². The highest BCUT2D eigenvalue weighted by molar-refractivity contribution is 6.36. The van der Waals surface area contributed by atoms with Crippen LogP contribution in [0.1, 0.15) is 0 Å². The molecule has 252 valence electrons. The summed E-state index contributed by atoms with van der Waals surface area (Å²) in [6.45, 7) is 0. The van der Waals surface area contributed by atoms with Gasteiger partial charge in [-0.05, 0) is 86.6 Å². The van der Waals surface area contributed by atoms with Crippen LogP contribution in [-0.4, -0.2) is 4.57 Å². The molecular formula is C52H34N2. The van der Waals surface area contributed by atoms with Crippen LogP contribution in [-0.2, 0) is 0 Å². The molecule has 2 heteroatoms. The Bertz CT molecular complexity index is 3190. The highest BCUT2D eigenvalue weighted by atomic mass is 15.1. The molecule has 0 radical (unpaired) electrons. The minimum absolute atomic E-state index is 1.12. The maximum atomic E-state index is 2.48. The normalized spacial score (nSPS) is 11.7. The number of anilines is 3. The van der Waals surface area contributed by atoms with E-state index >= 15 is 0 Å². The molecule has 0 bridgehead atoms. The van der Waals surface area contributed by atoms with E-state index in [0.717, 1.165) is 22.7 Å². The number of benzene rings is 10. The van der Waals surface area contributed by atoms with Crippen LogP contribution in [0.5, 0.6) is 0 Å². The van der Waals surface area contributed by atoms with Crippen LogP contribution < -0.4 is 4.90 Å². The summed E-state index contributed by atoms with van der Waals surface area (Å²) in [6.07, 6.45) is 0. The number of nitrogens with zero attached hydrogens (tertiary/aromatic N) is 2. The van der Waals surface area contributed by atoms with Crippen molar-refractivity contribution < 1.29 is 0 Å². The Balaban J connectivity index is 1.05. The fraction of sp³-hybridized carbons (Fsp3) is 0. The molecule has 0 unspecified atom stereocenters. The SMILES string of the molecule is c1ccc(N(c2ccc(-c3ccc(-n4c5ccccc5c5c6c7ccccc7ccc6c6ccccc6c54)cc3)cc2)c2cccc3ccccc23)cc1. The van der Waals surface area contributed by atoms with Crippen LogP contribution in [0.3, 0.4) is 0 Å². The lowest BCUT2D eigenvalue weighted by Crippen LogP contribution is -2.10. The van der Waals surface area contributed by atoms with Gasteiger partial charge in [-0.1, -0.05) is 158 Å². The molecule has 0 saturated heterocycles. The zero-order chi connectivity index (χ0) is 35.6. The van der Waals surface area contributed by atoms with Gasteiger partial charge in [0.25, 0.3) is 0 Å². The quantitative estimate of drug-likeness (QED) is 0.164. The summed E-state index contributed by atoms with van der Waals surface area (Å²) < 4.78 is 2.48. The molecule has 54 heavy (non-hydrogen) atoms. The number of aromatic nitrogens is 1. The highest BCUT2D eigenvalue weighted by Gasteiger charge is 2.20. The summed E-state index contributed by atoms with van der Waals surface area (Å²) >= 11 is 0. The Morgan fingerprint density at radius 2 is 0.870 bits per heavy atom. The molecule has 1 aromatic heterocycles. The van der Waals surface area contributed by atoms with Gasteiger partial charge in [0.15, 0.2) is 0 Å². The van der Waals surface area contributed by atoms with Crippen molar-refractivity contribution in [1.29, 1.82) is 0 Å². The lowest BCUT2D eigenvalue weighted by molar-refractivity contribution is 1.19. The predicted octanol–water partition coefficient (Wildman–Crippen LogP) is 14.5. The lowest BCUT2D eigenvalue weighted by atomic mass is 9.93. The summed E-state index contributed by atoms with van der Waals surface area (Å²) in [4.78, 5) is 2.36. The minimum atomic E-state index is 1.12. The molecule has 0 amide bonds. The summed E-state index contributed by atoms with van der Waals surface area (Å²) in [6, 6.07) is 75.0. The van der Waals surface area contributed by atoms with Crippen molar-refractivity contribution in [3.63, 3.8) is 0 Å². The van der Waals surface area contributed by atoms with E-state index in [4.69, 9.17) is 0 Å². The molecule has 0 saturated carbocycles. The molecule has 0 fully saturated rings. The smallest absolute Gasteiger partial charge is 0.0626 e. The molecule has 10 aromatic carbocycles. The van der Waals surface area contributed by atoms with E-state index in [-0.39, 0.29) is 0 Å². The zero-order valence-electron chi connectivity index (χ0n) is 29.5. The van der Waals surface area contributed by atoms with Crippen LogP contribution in [0.15, 0.2) is 206 Å². The Kier molecular flexibility index (Phi) is 6.90. The van der Waals surface area contributed by atoms with E-state index in [1.165, 1.54) is 76.0 Å². The van der Waals surface area contributed by atoms with Gasteiger partial charge >= 0.3 is 0 Å². The Morgan fingerprint density at radius 1 is 0.315 bits per heavy atom. The topological polar surface area (TPSA) is 8.17 Å². The number of hydrogen-bond acceptors (Lipinski definition) is 1. The largest absolute Gasteiger partial charge is 0.310 e. The van der Waals surface area contributed by atoms with Crippen LogP contribution in [0.4, 0.5) is 17.1 Å². The second kappa shape index (κ2) is 12.2. The van der Waals surface area contributed by atoms with Gasteiger partial charge in [-0.15, -0.1) is 0 Å². The van der Waals surface area contributed by atoms with Crippen LogP contribution in [0.2, 0.25) is 0 Å². The van der Waals surface area contributed by atoms with E-state index < -0.39 is 0 Å². The van der Waals surface area contributed by atoms with Gasteiger partial charge in [-0.3, -0.25) is 0 Å². The monoisotopic (exact) mass is 686 g/mol. The third-order valence-electron chi connectivity index (χ3n) is 11.1. The number of fused-ring (bicyclic) bond motifs is 11. The molecule has 11 aromatic rings. The Labute approximate surface area is 313 Å². The molecule has 0 aliphatic rings. The van der Waals surface area contributed by atoms with Gasteiger partial charge in [0, 0.05) is 44.0 Å². The third-order valence-corrected chi connectivity index (χ3v) is 11.1. The Hall–Kier alpha value is -7.16. The first-order valence-electron chi connectivity index (χ1n) is 18.6. The number of rotatable bonds is 5. The molecule has 11 rings (SSSR count). The third kappa shape index (κ3) is 4.67. The maximum absolute atomic E-state index is 2.48. The minimum Gasteiger partial charge on any atom is -0.310 e. The molecule has 1 heterocycles. The zero-order valence-corrected chi connectivity index (χ0v) is 29.5. The summed E-state index contributed by atoms with van der Waals surface area (Å²) in [5.41, 5.74) is 9.39. The van der Waals surface area contributed by atoms with Gasteiger partial charge < -0.3 is 9.47 Å². The summed E-state index contributed by atoms with van der Waals surface area (Å²) in [5, 5.41) is 12.7. The van der Waals surface area contributed by atoms with Gasteiger partial charge in [-0.25, -0.2) is 0 Å². The van der Waals surface area contributed by atoms with Crippen molar-refractivity contribution in [3.8, 4) is 16.8 Å². The maximum Gasteiger partial charge on any atom is 0.0626 e. The molecule has 0 atom stereocenters. The average Bonchev–Trinajstić information content (AvgIpc) is 3.60. The second-order valence-electron chi connectivity index (χ2n) is 14.1. The first kappa shape index (κ1) is 30.5. The lowest BCUT2D eigenvalue weighted by Gasteiger charge is -2.27. The fourth-order valence-corrected chi connectivity index (χ4v) is 8.72. The fourth-order valence-electron chi connectivity index (χ4n) is 8.72. The van der Waals surface area contributed by atoms with E-state index in [9.17, 15) is 0 Å². The first-order chi connectivity index (χ1) is 26.8. The molecular weight excluding hydrogens is 653 g/mol. The van der Waals surface area contributed by atoms with Crippen LogP contribution >= 0.6 is 0 Å². The highest BCUT2D eigenvalue weighted by Crippen LogP contribution is 2.45. The standard InChI is InChI=1S/C52H34N2/c1-2-16-39(17-3-1)53(48-24-12-15-37-13-4-6-18-42(37)48)40-30-25-35(26-31-40)36-27-32-41(33-28-36)54-49-23-11-10-22-47(49)51-50-43-19-7-5-14-38(43)29-34-45(50)44-20-8-9-21-46(44)52(51)54/h1-34H. The van der Waals surface area contributed by atoms with E-state index in [2.05, 4.69) is 216 Å². The van der Waals surface area contributed by atoms with Crippen LogP contribution in [0, 0.1) is 0 Å². The number of para-hydroxylation sites is 2. The molecule has 0 aliphatic heterocycles. The Morgan fingerprint density at radius 3 is 1.63 bits per heavy atom. The van der Waals surface area contributed by atoms with Crippen molar-refractivity contribution in [2.24, 2.45) is 0 Å². The summed E-state index contributed by atoms with van der Waals surface area (Å²) in [5.74, 6) is 0. The van der Waals surface area contributed by atoms with Gasteiger partial charge in [-0.2, -0.15) is 0 Å². The van der Waals surface area contributed by atoms with Gasteiger partial charge in [0.1, 0.15) is 0 Å². The first-order valence-corrected chi connectivity index (χ1v) is 18.6. The average molecular weight is 687 g/mol. The van der Waals surface area contributed by atoms with Crippen LogP contribution in [0.25, 0.3) is 81.7 Å². The van der Waals surface area contributed by atoms with Gasteiger partial charge in [0.2, 0.25) is 0 Å². The second-order valence-corrected chi connectivity index (χ2v) is 14.1. The molecule has 2 nitrogen and oxygen atoms in total. The number of hydrogen-bond donors (Lipinski definition) is 0.